The highest BCUT2D eigenvalue weighted by atomic mass is 16.4. The maximum atomic E-state index is 11.5. The topological polar surface area (TPSA) is 109 Å². The van der Waals surface area contributed by atoms with Gasteiger partial charge in [0.2, 0.25) is 0 Å². The summed E-state index contributed by atoms with van der Waals surface area (Å²) in [7, 11) is 0. The van der Waals surface area contributed by atoms with Crippen LogP contribution in [0.5, 0.6) is 0 Å². The quantitative estimate of drug-likeness (QED) is 0.891. The molecule has 7 heteroatoms. The lowest BCUT2D eigenvalue weighted by Crippen LogP contribution is -2.40. The smallest absolute Gasteiger partial charge is 0.320 e. The monoisotopic (exact) mass is 340 g/mol. The number of urea groups is 1. The first kappa shape index (κ1) is 16.9. The number of hydrogen-bond acceptors (Lipinski definition) is 4. The van der Waals surface area contributed by atoms with Crippen molar-refractivity contribution in [3.05, 3.63) is 41.9 Å². The van der Waals surface area contributed by atoms with Crippen LogP contribution >= 0.6 is 0 Å². The molecule has 0 saturated heterocycles. The van der Waals surface area contributed by atoms with E-state index in [1.165, 1.54) is 4.90 Å². The SMILES string of the molecule is CC(C)(C(=O)O)c1cncc(-c2cnc3c(c2)CCCN3C(N)=O)c1. The van der Waals surface area contributed by atoms with Crippen LogP contribution in [0.1, 0.15) is 31.4 Å². The van der Waals surface area contributed by atoms with Gasteiger partial charge < -0.3 is 10.8 Å². The number of carboxylic acids is 1. The number of aromatic nitrogens is 2. The maximum Gasteiger partial charge on any atom is 0.320 e. The molecule has 0 aromatic carbocycles. The number of anilines is 1. The molecule has 0 saturated carbocycles. The number of nitrogens with two attached hydrogens (primary N) is 1. The zero-order valence-electron chi connectivity index (χ0n) is 14.2. The lowest BCUT2D eigenvalue weighted by Gasteiger charge is -2.27. The Balaban J connectivity index is 2.01. The van der Waals surface area contributed by atoms with Gasteiger partial charge in [-0.05, 0) is 49.9 Å². The van der Waals surface area contributed by atoms with Crippen LogP contribution in [0.25, 0.3) is 11.1 Å². The van der Waals surface area contributed by atoms with E-state index < -0.39 is 17.4 Å². The number of carboxylic acid groups (broad SMARTS) is 1. The molecule has 0 atom stereocenters. The summed E-state index contributed by atoms with van der Waals surface area (Å²) in [4.78, 5) is 33.1. The molecule has 2 amide bonds. The standard InChI is InChI=1S/C18H20N4O3/c1-18(2,16(23)24)14-7-13(8-20-10-14)12-6-11-4-3-5-22(17(19)25)15(11)21-9-12/h6-10H,3-5H2,1-2H3,(H2,19,25)(H,23,24). The molecule has 1 aliphatic rings. The van der Waals surface area contributed by atoms with E-state index in [0.717, 1.165) is 29.5 Å². The number of rotatable bonds is 3. The third-order valence-electron chi connectivity index (χ3n) is 4.62. The van der Waals surface area contributed by atoms with Crippen molar-refractivity contribution in [3.63, 3.8) is 0 Å². The van der Waals surface area contributed by atoms with E-state index in [4.69, 9.17) is 5.73 Å². The van der Waals surface area contributed by atoms with Crippen molar-refractivity contribution >= 4 is 17.8 Å². The summed E-state index contributed by atoms with van der Waals surface area (Å²) in [5, 5.41) is 9.41. The van der Waals surface area contributed by atoms with E-state index in [-0.39, 0.29) is 0 Å². The number of amides is 2. The van der Waals surface area contributed by atoms with Gasteiger partial charge in [0.05, 0.1) is 5.41 Å². The van der Waals surface area contributed by atoms with Gasteiger partial charge in [-0.1, -0.05) is 0 Å². The van der Waals surface area contributed by atoms with E-state index in [9.17, 15) is 14.7 Å². The van der Waals surface area contributed by atoms with E-state index in [1.807, 2.05) is 12.1 Å². The number of carbonyl (C=O) groups is 2. The number of pyridine rings is 2. The first-order valence-electron chi connectivity index (χ1n) is 8.06. The van der Waals surface area contributed by atoms with Crippen molar-refractivity contribution in [1.82, 2.24) is 9.97 Å². The second-order valence-electron chi connectivity index (χ2n) is 6.69. The number of aliphatic carboxylic acids is 1. The Kier molecular flexibility index (Phi) is 4.16. The Labute approximate surface area is 145 Å². The highest BCUT2D eigenvalue weighted by Crippen LogP contribution is 2.31. The van der Waals surface area contributed by atoms with Crippen LogP contribution in [-0.4, -0.2) is 33.6 Å². The van der Waals surface area contributed by atoms with E-state index in [1.54, 1.807) is 32.4 Å². The Morgan fingerprint density at radius 1 is 1.20 bits per heavy atom. The highest BCUT2D eigenvalue weighted by Gasteiger charge is 2.30. The van der Waals surface area contributed by atoms with Crippen LogP contribution in [0.4, 0.5) is 10.6 Å². The predicted octanol–water partition coefficient (Wildman–Crippen LogP) is 2.34. The summed E-state index contributed by atoms with van der Waals surface area (Å²) in [6.07, 6.45) is 6.55. The van der Waals surface area contributed by atoms with Crippen LogP contribution in [0.15, 0.2) is 30.7 Å². The molecule has 25 heavy (non-hydrogen) atoms. The Hall–Kier alpha value is -2.96. The average molecular weight is 340 g/mol. The average Bonchev–Trinajstić information content (AvgIpc) is 2.60. The lowest BCUT2D eigenvalue weighted by molar-refractivity contribution is -0.142. The fourth-order valence-electron chi connectivity index (χ4n) is 2.90. The van der Waals surface area contributed by atoms with E-state index in [0.29, 0.717) is 17.9 Å². The molecule has 0 aliphatic carbocycles. The number of nitrogens with zero attached hydrogens (tertiary/aromatic N) is 3. The highest BCUT2D eigenvalue weighted by molar-refractivity contribution is 5.91. The normalized spacial score (nSPS) is 14.1. The molecular formula is C18H20N4O3. The molecule has 2 aromatic heterocycles. The van der Waals surface area contributed by atoms with Gasteiger partial charge >= 0.3 is 12.0 Å². The van der Waals surface area contributed by atoms with Crippen molar-refractivity contribution in [3.8, 4) is 11.1 Å². The first-order valence-corrected chi connectivity index (χ1v) is 8.06. The molecule has 7 nitrogen and oxygen atoms in total. The maximum absolute atomic E-state index is 11.5. The zero-order valence-corrected chi connectivity index (χ0v) is 14.2. The first-order chi connectivity index (χ1) is 11.8. The number of fused-ring (bicyclic) bond motifs is 1. The molecule has 3 N–H and O–H groups in total. The summed E-state index contributed by atoms with van der Waals surface area (Å²) >= 11 is 0. The largest absolute Gasteiger partial charge is 0.481 e. The van der Waals surface area contributed by atoms with Crippen LogP contribution in [0.3, 0.4) is 0 Å². The van der Waals surface area contributed by atoms with Crippen LogP contribution in [0, 0.1) is 0 Å². The molecule has 0 fully saturated rings. The summed E-state index contributed by atoms with van der Waals surface area (Å²) in [5.41, 5.74) is 7.57. The molecule has 0 unspecified atom stereocenters. The van der Waals surface area contributed by atoms with Crippen molar-refractivity contribution in [1.29, 1.82) is 0 Å². The fourth-order valence-corrected chi connectivity index (χ4v) is 2.90. The second kappa shape index (κ2) is 6.16. The summed E-state index contributed by atoms with van der Waals surface area (Å²) in [6, 6.07) is 3.28. The third kappa shape index (κ3) is 3.05. The molecule has 0 radical (unpaired) electrons. The lowest BCUT2D eigenvalue weighted by atomic mass is 9.85. The van der Waals surface area contributed by atoms with Gasteiger partial charge in [-0.15, -0.1) is 0 Å². The minimum atomic E-state index is -1.03. The van der Waals surface area contributed by atoms with Crippen LogP contribution in [0.2, 0.25) is 0 Å². The Morgan fingerprint density at radius 2 is 1.92 bits per heavy atom. The number of carbonyl (C=O) groups excluding carboxylic acids is 1. The van der Waals surface area contributed by atoms with Gasteiger partial charge in [0.25, 0.3) is 0 Å². The van der Waals surface area contributed by atoms with Crippen molar-refractivity contribution in [2.75, 3.05) is 11.4 Å². The van der Waals surface area contributed by atoms with Gasteiger partial charge in [-0.25, -0.2) is 9.78 Å². The predicted molar refractivity (Wildman–Crippen MR) is 93.4 cm³/mol. The molecule has 1 aliphatic heterocycles. The van der Waals surface area contributed by atoms with Crippen molar-refractivity contribution in [2.45, 2.75) is 32.1 Å². The number of hydrogen-bond donors (Lipinski definition) is 2. The Bertz CT molecular complexity index is 848. The molecule has 130 valence electrons. The van der Waals surface area contributed by atoms with Gasteiger partial charge in [-0.2, -0.15) is 0 Å². The zero-order chi connectivity index (χ0) is 18.2. The number of primary amides is 1. The van der Waals surface area contributed by atoms with Crippen LogP contribution in [-0.2, 0) is 16.6 Å². The van der Waals surface area contributed by atoms with Crippen LogP contribution < -0.4 is 10.6 Å². The van der Waals surface area contributed by atoms with Crippen molar-refractivity contribution < 1.29 is 14.7 Å². The van der Waals surface area contributed by atoms with E-state index >= 15 is 0 Å². The molecule has 2 aromatic rings. The summed E-state index contributed by atoms with van der Waals surface area (Å²) in [5.74, 6) is -0.315. The molecule has 3 heterocycles. The van der Waals surface area contributed by atoms with Gasteiger partial charge in [0, 0.05) is 36.3 Å². The molecule has 0 bridgehead atoms. The van der Waals surface area contributed by atoms with Gasteiger partial charge in [0.15, 0.2) is 0 Å². The van der Waals surface area contributed by atoms with E-state index in [2.05, 4.69) is 9.97 Å². The molecule has 0 spiro atoms. The van der Waals surface area contributed by atoms with Gasteiger partial charge in [0.1, 0.15) is 5.82 Å². The third-order valence-corrected chi connectivity index (χ3v) is 4.62. The van der Waals surface area contributed by atoms with Gasteiger partial charge in [-0.3, -0.25) is 14.7 Å². The Morgan fingerprint density at radius 3 is 2.60 bits per heavy atom. The number of aryl methyl sites for hydroxylation is 1. The molecular weight excluding hydrogens is 320 g/mol. The van der Waals surface area contributed by atoms with Crippen molar-refractivity contribution in [2.24, 2.45) is 5.73 Å². The summed E-state index contributed by atoms with van der Waals surface area (Å²) < 4.78 is 0. The fraction of sp³-hybridized carbons (Fsp3) is 0.333. The second-order valence-corrected chi connectivity index (χ2v) is 6.69. The summed E-state index contributed by atoms with van der Waals surface area (Å²) in [6.45, 7) is 3.86. The molecule has 3 rings (SSSR count). The minimum absolute atomic E-state index is 0.506. The minimum Gasteiger partial charge on any atom is -0.481 e.